The van der Waals surface area contributed by atoms with Gasteiger partial charge in [0, 0.05) is 7.11 Å². The summed E-state index contributed by atoms with van der Waals surface area (Å²) in [6, 6.07) is 8.73. The Balaban J connectivity index is 2.12. The third kappa shape index (κ3) is 3.45. The topological polar surface area (TPSA) is 65.0 Å². The van der Waals surface area contributed by atoms with Crippen LogP contribution in [0.4, 0.5) is 0 Å². The predicted molar refractivity (Wildman–Crippen MR) is 79.9 cm³/mol. The van der Waals surface area contributed by atoms with Gasteiger partial charge in [-0.3, -0.25) is 0 Å². The van der Waals surface area contributed by atoms with Gasteiger partial charge in [-0.15, -0.1) is 0 Å². The van der Waals surface area contributed by atoms with Crippen LogP contribution in [0.25, 0.3) is 0 Å². The maximum atomic E-state index is 12.2. The molecular weight excluding hydrogens is 271 g/mol. The van der Waals surface area contributed by atoms with Gasteiger partial charge in [-0.25, -0.2) is 4.79 Å². The first kappa shape index (κ1) is 16.0. The number of carbonyl (C=O) groups is 1. The van der Waals surface area contributed by atoms with E-state index in [2.05, 4.69) is 0 Å². The standard InChI is InChI=1S/C15H21BO5/c1-15(18)12(16)8-11(20-9-19-2)13(15)21-14(17)10-6-4-3-5-7-10/h3-7,11-13,18H,8-9,16H2,1-2H3. The van der Waals surface area contributed by atoms with Gasteiger partial charge in [0.25, 0.3) is 0 Å². The number of rotatable bonds is 5. The first-order chi connectivity index (χ1) is 9.96. The SMILES string of the molecule is BC1CC(OCOC)C(OC(=O)c2ccccc2)C1(C)O. The van der Waals surface area contributed by atoms with Crippen LogP contribution in [-0.2, 0) is 14.2 Å². The Morgan fingerprint density at radius 3 is 2.71 bits per heavy atom. The van der Waals surface area contributed by atoms with Gasteiger partial charge in [0.2, 0.25) is 0 Å². The number of hydrogen-bond donors (Lipinski definition) is 1. The second kappa shape index (κ2) is 6.60. The lowest BCUT2D eigenvalue weighted by Gasteiger charge is -2.31. The van der Waals surface area contributed by atoms with Crippen molar-refractivity contribution in [3.05, 3.63) is 35.9 Å². The summed E-state index contributed by atoms with van der Waals surface area (Å²) in [4.78, 5) is 12.2. The Hall–Kier alpha value is -1.37. The minimum absolute atomic E-state index is 0.0343. The molecule has 4 atom stereocenters. The summed E-state index contributed by atoms with van der Waals surface area (Å²) < 4.78 is 16.0. The molecule has 1 saturated carbocycles. The van der Waals surface area contributed by atoms with Gasteiger partial charge in [-0.2, -0.15) is 0 Å². The molecule has 0 saturated heterocycles. The average molecular weight is 292 g/mol. The van der Waals surface area contributed by atoms with Crippen molar-refractivity contribution >= 4 is 13.8 Å². The zero-order chi connectivity index (χ0) is 15.5. The fourth-order valence-corrected chi connectivity index (χ4v) is 2.63. The molecule has 2 rings (SSSR count). The van der Waals surface area contributed by atoms with Crippen LogP contribution in [0.15, 0.2) is 30.3 Å². The van der Waals surface area contributed by atoms with E-state index in [-0.39, 0.29) is 18.7 Å². The van der Waals surface area contributed by atoms with Gasteiger partial charge in [-0.05, 0) is 31.3 Å². The second-order valence-corrected chi connectivity index (χ2v) is 5.67. The average Bonchev–Trinajstić information content (AvgIpc) is 2.69. The van der Waals surface area contributed by atoms with E-state index >= 15 is 0 Å². The lowest BCUT2D eigenvalue weighted by atomic mass is 9.76. The van der Waals surface area contributed by atoms with E-state index in [0.29, 0.717) is 12.0 Å². The summed E-state index contributed by atoms with van der Waals surface area (Å²) >= 11 is 0. The third-order valence-electron chi connectivity index (χ3n) is 4.14. The molecule has 1 aromatic carbocycles. The molecule has 1 aromatic rings. The molecule has 0 radical (unpaired) electrons. The van der Waals surface area contributed by atoms with E-state index in [0.717, 1.165) is 0 Å². The van der Waals surface area contributed by atoms with E-state index in [1.807, 2.05) is 13.9 Å². The summed E-state index contributed by atoms with van der Waals surface area (Å²) in [5.74, 6) is -0.492. The van der Waals surface area contributed by atoms with E-state index in [1.165, 1.54) is 7.11 Å². The molecule has 1 aliphatic rings. The molecule has 21 heavy (non-hydrogen) atoms. The van der Waals surface area contributed by atoms with Crippen LogP contribution in [0.2, 0.25) is 5.82 Å². The number of hydrogen-bond acceptors (Lipinski definition) is 5. The second-order valence-electron chi connectivity index (χ2n) is 5.67. The minimum atomic E-state index is -1.12. The van der Waals surface area contributed by atoms with Crippen LogP contribution in [0.5, 0.6) is 0 Å². The number of ether oxygens (including phenoxy) is 3. The van der Waals surface area contributed by atoms with Gasteiger partial charge in [0.1, 0.15) is 14.6 Å². The van der Waals surface area contributed by atoms with Crippen molar-refractivity contribution in [3.63, 3.8) is 0 Å². The molecule has 6 heteroatoms. The summed E-state index contributed by atoms with van der Waals surface area (Å²) in [5.41, 5.74) is -0.665. The Morgan fingerprint density at radius 1 is 1.43 bits per heavy atom. The highest BCUT2D eigenvalue weighted by Crippen LogP contribution is 2.41. The summed E-state index contributed by atoms with van der Waals surface area (Å²) in [7, 11) is 3.45. The van der Waals surface area contributed by atoms with Gasteiger partial charge >= 0.3 is 5.97 Å². The Morgan fingerprint density at radius 2 is 2.10 bits per heavy atom. The number of aliphatic hydroxyl groups is 1. The van der Waals surface area contributed by atoms with Gasteiger partial charge < -0.3 is 19.3 Å². The highest BCUT2D eigenvalue weighted by molar-refractivity contribution is 6.12. The number of carbonyl (C=O) groups excluding carboxylic acids is 1. The molecule has 0 spiro atoms. The molecule has 0 heterocycles. The van der Waals surface area contributed by atoms with Crippen molar-refractivity contribution in [3.8, 4) is 0 Å². The molecule has 1 fully saturated rings. The van der Waals surface area contributed by atoms with E-state index in [4.69, 9.17) is 14.2 Å². The zero-order valence-corrected chi connectivity index (χ0v) is 12.6. The lowest BCUT2D eigenvalue weighted by molar-refractivity contribution is -0.137. The molecule has 1 N–H and O–H groups in total. The molecule has 114 valence electrons. The highest BCUT2D eigenvalue weighted by Gasteiger charge is 2.52. The van der Waals surface area contributed by atoms with Crippen LogP contribution < -0.4 is 0 Å². The van der Waals surface area contributed by atoms with Crippen molar-refractivity contribution < 1.29 is 24.1 Å². The van der Waals surface area contributed by atoms with Crippen molar-refractivity contribution in [2.75, 3.05) is 13.9 Å². The summed E-state index contributed by atoms with van der Waals surface area (Å²) in [6.45, 7) is 1.78. The summed E-state index contributed by atoms with van der Waals surface area (Å²) in [6.07, 6.45) is -0.471. The molecule has 4 unspecified atom stereocenters. The molecule has 0 bridgehead atoms. The van der Waals surface area contributed by atoms with E-state index < -0.39 is 17.7 Å². The molecule has 0 aromatic heterocycles. The maximum absolute atomic E-state index is 12.2. The Bertz CT molecular complexity index is 476. The monoisotopic (exact) mass is 292 g/mol. The largest absolute Gasteiger partial charge is 0.453 e. The number of esters is 1. The van der Waals surface area contributed by atoms with Gasteiger partial charge in [-0.1, -0.05) is 18.2 Å². The van der Waals surface area contributed by atoms with Gasteiger partial charge in [0.05, 0.1) is 17.3 Å². The molecule has 0 amide bonds. The number of benzene rings is 1. The zero-order valence-electron chi connectivity index (χ0n) is 12.6. The first-order valence-corrected chi connectivity index (χ1v) is 7.05. The van der Waals surface area contributed by atoms with Gasteiger partial charge in [0.15, 0.2) is 6.10 Å². The fourth-order valence-electron chi connectivity index (χ4n) is 2.63. The molecule has 1 aliphatic carbocycles. The van der Waals surface area contributed by atoms with Crippen molar-refractivity contribution in [2.24, 2.45) is 0 Å². The predicted octanol–water partition coefficient (Wildman–Crippen LogP) is 0.777. The van der Waals surface area contributed by atoms with Crippen LogP contribution in [0.1, 0.15) is 23.7 Å². The Labute approximate surface area is 125 Å². The Kier molecular flexibility index (Phi) is 5.03. The highest BCUT2D eigenvalue weighted by atomic mass is 16.7. The number of methoxy groups -OCH3 is 1. The van der Waals surface area contributed by atoms with Crippen molar-refractivity contribution in [2.45, 2.75) is 37.0 Å². The smallest absolute Gasteiger partial charge is 0.338 e. The molecule has 5 nitrogen and oxygen atoms in total. The van der Waals surface area contributed by atoms with E-state index in [1.54, 1.807) is 31.2 Å². The summed E-state index contributed by atoms with van der Waals surface area (Å²) in [5, 5.41) is 10.6. The fraction of sp³-hybridized carbons (Fsp3) is 0.533. The van der Waals surface area contributed by atoms with E-state index in [9.17, 15) is 9.90 Å². The lowest BCUT2D eigenvalue weighted by Crippen LogP contribution is -2.45. The minimum Gasteiger partial charge on any atom is -0.453 e. The molecule has 0 aliphatic heterocycles. The van der Waals surface area contributed by atoms with Crippen molar-refractivity contribution in [1.82, 2.24) is 0 Å². The van der Waals surface area contributed by atoms with Crippen LogP contribution in [0.3, 0.4) is 0 Å². The van der Waals surface area contributed by atoms with Crippen molar-refractivity contribution in [1.29, 1.82) is 0 Å². The normalized spacial score (nSPS) is 32.0. The quantitative estimate of drug-likeness (QED) is 0.493. The molecular formula is C15H21BO5. The third-order valence-corrected chi connectivity index (χ3v) is 4.14. The van der Waals surface area contributed by atoms with Crippen LogP contribution in [-0.4, -0.2) is 50.6 Å². The maximum Gasteiger partial charge on any atom is 0.338 e. The van der Waals surface area contributed by atoms with Crippen LogP contribution in [0, 0.1) is 0 Å². The van der Waals surface area contributed by atoms with Crippen LogP contribution >= 0.6 is 0 Å². The first-order valence-electron chi connectivity index (χ1n) is 7.05.